The molecule has 0 aliphatic heterocycles. The van der Waals surface area contributed by atoms with Crippen LogP contribution < -0.4 is 5.32 Å². The monoisotopic (exact) mass is 310 g/mol. The van der Waals surface area contributed by atoms with Crippen molar-refractivity contribution in [2.75, 3.05) is 6.54 Å². The first kappa shape index (κ1) is 14.7. The van der Waals surface area contributed by atoms with Gasteiger partial charge < -0.3 is 10.3 Å². The standard InChI is InChI=1S/C16H14N4O3/c21-16(12-4-5-14-15(9-12)19-10-18-14)17-7-6-11-2-1-3-13(8-11)20(22)23/h1-5,8-10H,6-7H2,(H,17,21)(H,18,19). The number of hydrogen-bond donors (Lipinski definition) is 2. The molecule has 7 heteroatoms. The lowest BCUT2D eigenvalue weighted by atomic mass is 10.1. The highest BCUT2D eigenvalue weighted by Gasteiger charge is 2.08. The van der Waals surface area contributed by atoms with Gasteiger partial charge >= 0.3 is 0 Å². The molecule has 3 aromatic rings. The minimum absolute atomic E-state index is 0.0542. The number of nitrogens with one attached hydrogen (secondary N) is 2. The Kier molecular flexibility index (Phi) is 4.01. The molecule has 0 aliphatic carbocycles. The molecule has 116 valence electrons. The number of fused-ring (bicyclic) bond motifs is 1. The number of carbonyl (C=O) groups is 1. The first-order valence-electron chi connectivity index (χ1n) is 7.08. The first-order valence-corrected chi connectivity index (χ1v) is 7.08. The Labute approximate surface area is 131 Å². The third-order valence-corrected chi connectivity index (χ3v) is 3.50. The van der Waals surface area contributed by atoms with Crippen molar-refractivity contribution in [2.24, 2.45) is 0 Å². The van der Waals surface area contributed by atoms with Gasteiger partial charge in [-0.2, -0.15) is 0 Å². The highest BCUT2D eigenvalue weighted by atomic mass is 16.6. The summed E-state index contributed by atoms with van der Waals surface area (Å²) in [5, 5.41) is 13.5. The minimum atomic E-state index is -0.429. The van der Waals surface area contributed by atoms with E-state index < -0.39 is 4.92 Å². The second kappa shape index (κ2) is 6.27. The molecular formula is C16H14N4O3. The first-order chi connectivity index (χ1) is 11.1. The topological polar surface area (TPSA) is 101 Å². The van der Waals surface area contributed by atoms with E-state index in [0.717, 1.165) is 16.6 Å². The van der Waals surface area contributed by atoms with Gasteiger partial charge in [-0.05, 0) is 30.2 Å². The lowest BCUT2D eigenvalue weighted by molar-refractivity contribution is -0.384. The molecule has 0 radical (unpaired) electrons. The van der Waals surface area contributed by atoms with E-state index in [4.69, 9.17) is 0 Å². The molecule has 0 bridgehead atoms. The minimum Gasteiger partial charge on any atom is -0.352 e. The van der Waals surface area contributed by atoms with Crippen LogP contribution in [0.15, 0.2) is 48.8 Å². The number of nitrogens with zero attached hydrogens (tertiary/aromatic N) is 2. The molecule has 0 spiro atoms. The van der Waals surface area contributed by atoms with E-state index in [2.05, 4.69) is 15.3 Å². The Morgan fingerprint density at radius 2 is 2.13 bits per heavy atom. The van der Waals surface area contributed by atoms with Crippen molar-refractivity contribution in [2.45, 2.75) is 6.42 Å². The fourth-order valence-electron chi connectivity index (χ4n) is 2.32. The van der Waals surface area contributed by atoms with Gasteiger partial charge in [0.05, 0.1) is 22.3 Å². The van der Waals surface area contributed by atoms with Gasteiger partial charge in [-0.25, -0.2) is 4.98 Å². The van der Waals surface area contributed by atoms with Gasteiger partial charge in [-0.15, -0.1) is 0 Å². The van der Waals surface area contributed by atoms with E-state index in [9.17, 15) is 14.9 Å². The van der Waals surface area contributed by atoms with Crippen molar-refractivity contribution >= 4 is 22.6 Å². The predicted molar refractivity (Wildman–Crippen MR) is 85.2 cm³/mol. The summed E-state index contributed by atoms with van der Waals surface area (Å²) in [7, 11) is 0. The number of hydrogen-bond acceptors (Lipinski definition) is 4. The molecule has 1 aromatic heterocycles. The summed E-state index contributed by atoms with van der Waals surface area (Å²) in [6.45, 7) is 0.404. The second-order valence-electron chi connectivity index (χ2n) is 5.07. The molecule has 0 aliphatic rings. The van der Waals surface area contributed by atoms with E-state index in [-0.39, 0.29) is 11.6 Å². The highest BCUT2D eigenvalue weighted by molar-refractivity contribution is 5.97. The van der Waals surface area contributed by atoms with E-state index in [1.54, 1.807) is 36.7 Å². The Morgan fingerprint density at radius 3 is 2.96 bits per heavy atom. The van der Waals surface area contributed by atoms with E-state index in [1.807, 2.05) is 0 Å². The number of carbonyl (C=O) groups excluding carboxylic acids is 1. The van der Waals surface area contributed by atoms with Gasteiger partial charge in [0.2, 0.25) is 0 Å². The third kappa shape index (κ3) is 3.34. The number of benzene rings is 2. The average molecular weight is 310 g/mol. The number of imidazole rings is 1. The average Bonchev–Trinajstić information content (AvgIpc) is 3.02. The summed E-state index contributed by atoms with van der Waals surface area (Å²) < 4.78 is 0. The largest absolute Gasteiger partial charge is 0.352 e. The molecule has 0 fully saturated rings. The summed E-state index contributed by atoms with van der Waals surface area (Å²) in [6, 6.07) is 11.6. The van der Waals surface area contributed by atoms with Crippen LogP contribution in [0.3, 0.4) is 0 Å². The van der Waals surface area contributed by atoms with E-state index in [1.165, 1.54) is 12.1 Å². The zero-order valence-electron chi connectivity index (χ0n) is 12.2. The van der Waals surface area contributed by atoms with Crippen molar-refractivity contribution in [3.8, 4) is 0 Å². The van der Waals surface area contributed by atoms with Crippen LogP contribution >= 0.6 is 0 Å². The Hall–Kier alpha value is -3.22. The predicted octanol–water partition coefficient (Wildman–Crippen LogP) is 2.44. The van der Waals surface area contributed by atoms with Crippen LogP contribution in [0.4, 0.5) is 5.69 Å². The van der Waals surface area contributed by atoms with Crippen LogP contribution in [0.5, 0.6) is 0 Å². The van der Waals surface area contributed by atoms with Gasteiger partial charge in [0.1, 0.15) is 0 Å². The molecule has 23 heavy (non-hydrogen) atoms. The highest BCUT2D eigenvalue weighted by Crippen LogP contribution is 2.14. The van der Waals surface area contributed by atoms with Gasteiger partial charge in [-0.3, -0.25) is 14.9 Å². The summed E-state index contributed by atoms with van der Waals surface area (Å²) in [5.74, 6) is -0.188. The normalized spacial score (nSPS) is 10.6. The van der Waals surface area contributed by atoms with Crippen LogP contribution in [0.2, 0.25) is 0 Å². The number of nitro benzene ring substituents is 1. The zero-order valence-corrected chi connectivity index (χ0v) is 12.2. The SMILES string of the molecule is O=C(NCCc1cccc([N+](=O)[O-])c1)c1ccc2nc[nH]c2c1. The van der Waals surface area contributed by atoms with Crippen LogP contribution in [0, 0.1) is 10.1 Å². The van der Waals surface area contributed by atoms with Crippen molar-refractivity contribution in [3.63, 3.8) is 0 Å². The molecule has 2 N–H and O–H groups in total. The molecule has 1 amide bonds. The Balaban J connectivity index is 1.60. The quantitative estimate of drug-likeness (QED) is 0.558. The lowest BCUT2D eigenvalue weighted by Crippen LogP contribution is -2.25. The number of amides is 1. The van der Waals surface area contributed by atoms with E-state index >= 15 is 0 Å². The van der Waals surface area contributed by atoms with Gasteiger partial charge in [0.15, 0.2) is 0 Å². The summed E-state index contributed by atoms with van der Waals surface area (Å²) in [4.78, 5) is 29.5. The molecule has 0 saturated carbocycles. The van der Waals surface area contributed by atoms with Crippen molar-refractivity contribution < 1.29 is 9.72 Å². The Morgan fingerprint density at radius 1 is 1.26 bits per heavy atom. The fraction of sp³-hybridized carbons (Fsp3) is 0.125. The Bertz CT molecular complexity index is 872. The molecule has 2 aromatic carbocycles. The number of non-ortho nitro benzene ring substituents is 1. The zero-order chi connectivity index (χ0) is 16.2. The maximum absolute atomic E-state index is 12.1. The lowest BCUT2D eigenvalue weighted by Gasteiger charge is -2.05. The molecule has 0 saturated heterocycles. The number of rotatable bonds is 5. The van der Waals surface area contributed by atoms with Crippen LogP contribution in [-0.4, -0.2) is 27.3 Å². The smallest absolute Gasteiger partial charge is 0.269 e. The molecule has 0 unspecified atom stereocenters. The van der Waals surface area contributed by atoms with Crippen LogP contribution in [0.1, 0.15) is 15.9 Å². The molecular weight excluding hydrogens is 296 g/mol. The fourth-order valence-corrected chi connectivity index (χ4v) is 2.32. The molecule has 0 atom stereocenters. The second-order valence-corrected chi connectivity index (χ2v) is 5.07. The summed E-state index contributed by atoms with van der Waals surface area (Å²) >= 11 is 0. The summed E-state index contributed by atoms with van der Waals surface area (Å²) in [6.07, 6.45) is 2.11. The van der Waals surface area contributed by atoms with Crippen LogP contribution in [0.25, 0.3) is 11.0 Å². The third-order valence-electron chi connectivity index (χ3n) is 3.50. The maximum atomic E-state index is 12.1. The van der Waals surface area contributed by atoms with Gasteiger partial charge in [-0.1, -0.05) is 12.1 Å². The number of aromatic nitrogens is 2. The summed E-state index contributed by atoms with van der Waals surface area (Å²) in [5.41, 5.74) is 3.01. The molecule has 1 heterocycles. The molecule has 3 rings (SSSR count). The van der Waals surface area contributed by atoms with Crippen LogP contribution in [-0.2, 0) is 6.42 Å². The maximum Gasteiger partial charge on any atom is 0.269 e. The van der Waals surface area contributed by atoms with Crippen molar-refractivity contribution in [3.05, 3.63) is 70.0 Å². The van der Waals surface area contributed by atoms with E-state index in [0.29, 0.717) is 18.5 Å². The number of nitro groups is 1. The molecule has 7 nitrogen and oxygen atoms in total. The van der Waals surface area contributed by atoms with Gasteiger partial charge in [0, 0.05) is 24.2 Å². The van der Waals surface area contributed by atoms with Crippen molar-refractivity contribution in [1.82, 2.24) is 15.3 Å². The number of H-pyrrole nitrogens is 1. The van der Waals surface area contributed by atoms with Crippen molar-refractivity contribution in [1.29, 1.82) is 0 Å². The number of aromatic amines is 1. The van der Waals surface area contributed by atoms with Gasteiger partial charge in [0.25, 0.3) is 11.6 Å².